The largest absolute Gasteiger partial charge is 0.508 e. The van der Waals surface area contributed by atoms with Crippen molar-refractivity contribution in [1.82, 2.24) is 0 Å². The molecule has 4 N–H and O–H groups in total. The predicted octanol–water partition coefficient (Wildman–Crippen LogP) is 1.88. The average molecular weight is 299 g/mol. The summed E-state index contributed by atoms with van der Waals surface area (Å²) in [5.74, 6) is -1.43. The van der Waals surface area contributed by atoms with E-state index in [-0.39, 0.29) is 5.75 Å². The third-order valence-corrected chi connectivity index (χ3v) is 3.19. The molecule has 22 heavy (non-hydrogen) atoms. The Balaban J connectivity index is 2.13. The molecule has 0 atom stereocenters. The van der Waals surface area contributed by atoms with Gasteiger partial charge in [-0.25, -0.2) is 0 Å². The van der Waals surface area contributed by atoms with E-state index in [9.17, 15) is 14.7 Å². The minimum Gasteiger partial charge on any atom is -0.508 e. The first-order chi connectivity index (χ1) is 10.4. The van der Waals surface area contributed by atoms with E-state index in [1.54, 1.807) is 24.3 Å². The first-order valence-corrected chi connectivity index (χ1v) is 6.62. The number of aryl methyl sites for hydroxylation is 1. The molecule has 114 valence electrons. The molecule has 0 saturated carbocycles. The van der Waals surface area contributed by atoms with Crippen molar-refractivity contribution in [3.05, 3.63) is 48.0 Å². The zero-order chi connectivity index (χ0) is 16.3. The first kappa shape index (κ1) is 15.4. The van der Waals surface area contributed by atoms with E-state index < -0.39 is 11.8 Å². The fourth-order valence-electron chi connectivity index (χ4n) is 1.90. The van der Waals surface area contributed by atoms with Gasteiger partial charge in [0.25, 0.3) is 0 Å². The van der Waals surface area contributed by atoms with Gasteiger partial charge in [-0.2, -0.15) is 0 Å². The number of nitrogens with one attached hydrogen (secondary N) is 1. The Morgan fingerprint density at radius 1 is 1.14 bits per heavy atom. The van der Waals surface area contributed by atoms with Gasteiger partial charge in [-0.1, -0.05) is 6.07 Å². The molecule has 0 spiro atoms. The lowest BCUT2D eigenvalue weighted by Crippen LogP contribution is -2.37. The summed E-state index contributed by atoms with van der Waals surface area (Å²) in [6.45, 7) is 1.86. The molecule has 0 unspecified atom stereocenters. The predicted molar refractivity (Wildman–Crippen MR) is 85.7 cm³/mol. The number of nitrogen functional groups attached to an aromatic ring is 1. The number of nitrogens with two attached hydrogens (primary N) is 1. The number of carbonyl (C=O) groups excluding carboxylic acids is 2. The van der Waals surface area contributed by atoms with Gasteiger partial charge in [-0.3, -0.25) is 9.59 Å². The lowest BCUT2D eigenvalue weighted by molar-refractivity contribution is -0.134. The monoisotopic (exact) mass is 299 g/mol. The smallest absolute Gasteiger partial charge is 0.316 e. The molecule has 0 heterocycles. The van der Waals surface area contributed by atoms with Crippen LogP contribution in [0.5, 0.6) is 5.75 Å². The molecule has 0 radical (unpaired) electrons. The van der Waals surface area contributed by atoms with Crippen LogP contribution in [0.1, 0.15) is 5.56 Å². The van der Waals surface area contributed by atoms with Crippen LogP contribution in [-0.4, -0.2) is 24.0 Å². The number of nitrogens with zero attached hydrogens (tertiary/aromatic N) is 1. The summed E-state index contributed by atoms with van der Waals surface area (Å²) in [5.41, 5.74) is 7.98. The van der Waals surface area contributed by atoms with Gasteiger partial charge >= 0.3 is 11.8 Å². The molecule has 0 aromatic heterocycles. The number of anilines is 3. The minimum absolute atomic E-state index is 0.0848. The van der Waals surface area contributed by atoms with E-state index >= 15 is 0 Å². The Morgan fingerprint density at radius 2 is 1.77 bits per heavy atom. The third kappa shape index (κ3) is 3.35. The molecule has 0 saturated heterocycles. The topological polar surface area (TPSA) is 95.7 Å². The van der Waals surface area contributed by atoms with Crippen LogP contribution in [0.2, 0.25) is 0 Å². The van der Waals surface area contributed by atoms with Crippen LogP contribution < -0.4 is 16.0 Å². The lowest BCUT2D eigenvalue weighted by Gasteiger charge is -2.17. The lowest BCUT2D eigenvalue weighted by atomic mass is 10.2. The molecule has 2 rings (SSSR count). The number of carbonyl (C=O) groups is 2. The number of likely N-dealkylation sites (N-methyl/N-ethyl adjacent to an activating group) is 1. The second-order valence-electron chi connectivity index (χ2n) is 4.93. The van der Waals surface area contributed by atoms with Crippen molar-refractivity contribution in [2.24, 2.45) is 0 Å². The molecule has 0 aliphatic heterocycles. The number of phenols is 1. The van der Waals surface area contributed by atoms with Crippen LogP contribution in [0, 0.1) is 6.92 Å². The maximum Gasteiger partial charge on any atom is 0.316 e. The van der Waals surface area contributed by atoms with Crippen molar-refractivity contribution in [3.8, 4) is 5.75 Å². The molecule has 6 nitrogen and oxygen atoms in total. The Bertz CT molecular complexity index is 711. The normalized spacial score (nSPS) is 10.1. The number of amides is 2. The molecule has 2 amide bonds. The van der Waals surface area contributed by atoms with Crippen LogP contribution in [0.25, 0.3) is 0 Å². The molecule has 2 aromatic rings. The SMILES string of the molecule is Cc1ccc(N)c(NC(=O)C(=O)N(C)c2ccc(O)cc2)c1. The van der Waals surface area contributed by atoms with Gasteiger partial charge in [-0.05, 0) is 48.9 Å². The Kier molecular flexibility index (Phi) is 4.31. The van der Waals surface area contributed by atoms with E-state index in [1.165, 1.54) is 24.1 Å². The molecule has 6 heteroatoms. The molecular formula is C16H17N3O3. The minimum atomic E-state index is -0.784. The van der Waals surface area contributed by atoms with Crippen molar-refractivity contribution < 1.29 is 14.7 Å². The van der Waals surface area contributed by atoms with Crippen molar-refractivity contribution in [2.75, 3.05) is 23.0 Å². The molecular weight excluding hydrogens is 282 g/mol. The van der Waals surface area contributed by atoms with Crippen LogP contribution in [-0.2, 0) is 9.59 Å². The maximum absolute atomic E-state index is 12.1. The van der Waals surface area contributed by atoms with Gasteiger partial charge in [0.15, 0.2) is 0 Å². The third-order valence-electron chi connectivity index (χ3n) is 3.19. The highest BCUT2D eigenvalue weighted by molar-refractivity contribution is 6.44. The second kappa shape index (κ2) is 6.17. The molecule has 0 aliphatic rings. The summed E-state index contributed by atoms with van der Waals surface area (Å²) in [6, 6.07) is 11.1. The Labute approximate surface area is 128 Å². The van der Waals surface area contributed by atoms with Crippen molar-refractivity contribution in [3.63, 3.8) is 0 Å². The highest BCUT2D eigenvalue weighted by atomic mass is 16.3. The summed E-state index contributed by atoms with van der Waals surface area (Å²) in [6.07, 6.45) is 0. The van der Waals surface area contributed by atoms with Crippen molar-refractivity contribution in [2.45, 2.75) is 6.92 Å². The number of phenolic OH excluding ortho intramolecular Hbond substituents is 1. The fraction of sp³-hybridized carbons (Fsp3) is 0.125. The standard InChI is InChI=1S/C16H17N3O3/c1-10-3-8-13(17)14(9-10)18-15(21)16(22)19(2)11-4-6-12(20)7-5-11/h3-9,20H,17H2,1-2H3,(H,18,21). The number of hydrogen-bond donors (Lipinski definition) is 3. The quantitative estimate of drug-likeness (QED) is 0.583. The van der Waals surface area contributed by atoms with Gasteiger partial charge in [0.2, 0.25) is 0 Å². The molecule has 0 bridgehead atoms. The van der Waals surface area contributed by atoms with Gasteiger partial charge in [0.1, 0.15) is 5.75 Å². The van der Waals surface area contributed by atoms with E-state index in [4.69, 9.17) is 5.73 Å². The van der Waals surface area contributed by atoms with Crippen molar-refractivity contribution in [1.29, 1.82) is 0 Å². The second-order valence-corrected chi connectivity index (χ2v) is 4.93. The fourth-order valence-corrected chi connectivity index (χ4v) is 1.90. The highest BCUT2D eigenvalue weighted by Gasteiger charge is 2.20. The van der Waals surface area contributed by atoms with Crippen LogP contribution in [0.4, 0.5) is 17.1 Å². The molecule has 0 fully saturated rings. The Hall–Kier alpha value is -3.02. The first-order valence-electron chi connectivity index (χ1n) is 6.62. The van der Waals surface area contributed by atoms with Crippen LogP contribution in [0.15, 0.2) is 42.5 Å². The maximum atomic E-state index is 12.1. The zero-order valence-electron chi connectivity index (χ0n) is 12.3. The summed E-state index contributed by atoms with van der Waals surface area (Å²) < 4.78 is 0. The van der Waals surface area contributed by atoms with Gasteiger partial charge < -0.3 is 21.1 Å². The summed E-state index contributed by atoms with van der Waals surface area (Å²) in [7, 11) is 1.48. The van der Waals surface area contributed by atoms with Crippen LogP contribution in [0.3, 0.4) is 0 Å². The zero-order valence-corrected chi connectivity index (χ0v) is 12.3. The molecule has 0 aliphatic carbocycles. The Morgan fingerprint density at radius 3 is 2.41 bits per heavy atom. The van der Waals surface area contributed by atoms with Gasteiger partial charge in [0, 0.05) is 12.7 Å². The highest BCUT2D eigenvalue weighted by Crippen LogP contribution is 2.21. The average Bonchev–Trinajstić information content (AvgIpc) is 2.50. The van der Waals surface area contributed by atoms with Gasteiger partial charge in [0.05, 0.1) is 11.4 Å². The van der Waals surface area contributed by atoms with Crippen LogP contribution >= 0.6 is 0 Å². The summed E-state index contributed by atoms with van der Waals surface area (Å²) >= 11 is 0. The van der Waals surface area contributed by atoms with E-state index in [0.29, 0.717) is 17.1 Å². The molecule has 2 aromatic carbocycles. The number of hydrogen-bond acceptors (Lipinski definition) is 4. The number of rotatable bonds is 2. The van der Waals surface area contributed by atoms with Crippen molar-refractivity contribution >= 4 is 28.9 Å². The van der Waals surface area contributed by atoms with E-state index in [1.807, 2.05) is 13.0 Å². The van der Waals surface area contributed by atoms with E-state index in [0.717, 1.165) is 5.56 Å². The number of benzene rings is 2. The number of aromatic hydroxyl groups is 1. The summed E-state index contributed by atoms with van der Waals surface area (Å²) in [4.78, 5) is 25.4. The van der Waals surface area contributed by atoms with Gasteiger partial charge in [-0.15, -0.1) is 0 Å². The van der Waals surface area contributed by atoms with E-state index in [2.05, 4.69) is 5.32 Å². The summed E-state index contributed by atoms with van der Waals surface area (Å²) in [5, 5.41) is 11.7.